The molecule has 26 heavy (non-hydrogen) atoms. The van der Waals surface area contributed by atoms with Gasteiger partial charge in [0.15, 0.2) is 5.82 Å². The van der Waals surface area contributed by atoms with Crippen molar-refractivity contribution in [2.75, 3.05) is 7.05 Å². The third-order valence-electron chi connectivity index (χ3n) is 4.15. The highest BCUT2D eigenvalue weighted by Gasteiger charge is 2.19. The third kappa shape index (κ3) is 3.78. The number of carbonyl (C=O) groups is 1. The number of nitrogens with zero attached hydrogens (tertiary/aromatic N) is 4. The Hall–Kier alpha value is -2.66. The average molecular weight is 369 g/mol. The largest absolute Gasteiger partial charge is 0.336 e. The Bertz CT molecular complexity index is 947. The van der Waals surface area contributed by atoms with Crippen LogP contribution in [0.15, 0.2) is 42.5 Å². The normalized spacial score (nSPS) is 10.8. The highest BCUT2D eigenvalue weighted by molar-refractivity contribution is 6.33. The summed E-state index contributed by atoms with van der Waals surface area (Å²) >= 11 is 6.25. The second-order valence-electron chi connectivity index (χ2n) is 6.49. The SMILES string of the molecule is Cc1ccc(CN(C)C(=O)c2nc(-n3nc(C)cc3C)ccc2Cl)cc1. The fraction of sp³-hybridized carbons (Fsp3) is 0.250. The van der Waals surface area contributed by atoms with Gasteiger partial charge in [-0.3, -0.25) is 4.79 Å². The van der Waals surface area contributed by atoms with Crippen LogP contribution in [0.5, 0.6) is 0 Å². The van der Waals surface area contributed by atoms with Gasteiger partial charge >= 0.3 is 0 Å². The molecule has 0 spiro atoms. The van der Waals surface area contributed by atoms with Gasteiger partial charge < -0.3 is 4.90 Å². The minimum absolute atomic E-state index is 0.223. The maximum absolute atomic E-state index is 12.9. The molecule has 3 aromatic rings. The zero-order valence-corrected chi connectivity index (χ0v) is 16.1. The lowest BCUT2D eigenvalue weighted by Gasteiger charge is -2.18. The van der Waals surface area contributed by atoms with E-state index in [-0.39, 0.29) is 11.6 Å². The molecule has 3 rings (SSSR count). The average Bonchev–Trinajstić information content (AvgIpc) is 2.95. The topological polar surface area (TPSA) is 51.0 Å². The predicted octanol–water partition coefficient (Wildman–Crippen LogP) is 4.12. The molecule has 0 saturated heterocycles. The summed E-state index contributed by atoms with van der Waals surface area (Å²) < 4.78 is 1.71. The molecule has 0 fully saturated rings. The minimum Gasteiger partial charge on any atom is -0.336 e. The first-order chi connectivity index (χ1) is 12.3. The van der Waals surface area contributed by atoms with Crippen molar-refractivity contribution >= 4 is 17.5 Å². The standard InChI is InChI=1S/C20H21ClN4O/c1-13-5-7-16(8-6-13)12-24(4)20(26)19-17(21)9-10-18(22-19)25-15(3)11-14(2)23-25/h5-11H,12H2,1-4H3. The molecule has 0 aliphatic rings. The van der Waals surface area contributed by atoms with Gasteiger partial charge in [-0.25, -0.2) is 9.67 Å². The third-order valence-corrected chi connectivity index (χ3v) is 4.45. The van der Waals surface area contributed by atoms with Crippen LogP contribution < -0.4 is 0 Å². The van der Waals surface area contributed by atoms with Crippen molar-refractivity contribution in [2.24, 2.45) is 0 Å². The molecule has 0 aliphatic heterocycles. The number of hydrogen-bond acceptors (Lipinski definition) is 3. The second kappa shape index (κ2) is 7.30. The van der Waals surface area contributed by atoms with Crippen molar-refractivity contribution in [3.05, 3.63) is 75.7 Å². The molecule has 0 atom stereocenters. The van der Waals surface area contributed by atoms with E-state index in [1.807, 2.05) is 51.1 Å². The number of benzene rings is 1. The van der Waals surface area contributed by atoms with Crippen LogP contribution in [-0.4, -0.2) is 32.6 Å². The summed E-state index contributed by atoms with van der Waals surface area (Å²) in [6.45, 7) is 6.39. The highest BCUT2D eigenvalue weighted by Crippen LogP contribution is 2.20. The molecule has 0 saturated carbocycles. The molecule has 1 aromatic carbocycles. The summed E-state index contributed by atoms with van der Waals surface area (Å²) in [7, 11) is 1.75. The number of carbonyl (C=O) groups excluding carboxylic acids is 1. The lowest BCUT2D eigenvalue weighted by Crippen LogP contribution is -2.27. The van der Waals surface area contributed by atoms with Crippen LogP contribution in [0.25, 0.3) is 5.82 Å². The summed E-state index contributed by atoms with van der Waals surface area (Å²) in [5.41, 5.74) is 4.31. The van der Waals surface area contributed by atoms with E-state index in [9.17, 15) is 4.79 Å². The van der Waals surface area contributed by atoms with E-state index in [0.29, 0.717) is 17.4 Å². The van der Waals surface area contributed by atoms with Crippen molar-refractivity contribution in [2.45, 2.75) is 27.3 Å². The molecule has 0 N–H and O–H groups in total. The molecule has 0 bridgehead atoms. The van der Waals surface area contributed by atoms with Crippen LogP contribution in [0.3, 0.4) is 0 Å². The molecular formula is C20H21ClN4O. The van der Waals surface area contributed by atoms with Gasteiger partial charge in [0, 0.05) is 19.3 Å². The first kappa shape index (κ1) is 18.1. The molecular weight excluding hydrogens is 348 g/mol. The maximum Gasteiger partial charge on any atom is 0.274 e. The van der Waals surface area contributed by atoms with E-state index in [2.05, 4.69) is 10.1 Å². The smallest absolute Gasteiger partial charge is 0.274 e. The van der Waals surface area contributed by atoms with Gasteiger partial charge in [0.1, 0.15) is 5.69 Å². The van der Waals surface area contributed by atoms with E-state index in [4.69, 9.17) is 11.6 Å². The first-order valence-corrected chi connectivity index (χ1v) is 8.74. The molecule has 6 heteroatoms. The number of rotatable bonds is 4. The highest BCUT2D eigenvalue weighted by atomic mass is 35.5. The van der Waals surface area contributed by atoms with Gasteiger partial charge in [0.05, 0.1) is 10.7 Å². The number of aryl methyl sites for hydroxylation is 3. The Morgan fingerprint density at radius 3 is 2.42 bits per heavy atom. The quantitative estimate of drug-likeness (QED) is 0.696. The lowest BCUT2D eigenvalue weighted by atomic mass is 10.1. The summed E-state index contributed by atoms with van der Waals surface area (Å²) in [6.07, 6.45) is 0. The van der Waals surface area contributed by atoms with E-state index in [1.165, 1.54) is 5.56 Å². The van der Waals surface area contributed by atoms with Gasteiger partial charge in [0.25, 0.3) is 5.91 Å². The Balaban J connectivity index is 1.87. The van der Waals surface area contributed by atoms with Crippen molar-refractivity contribution in [3.63, 3.8) is 0 Å². The van der Waals surface area contributed by atoms with Gasteiger partial charge in [-0.2, -0.15) is 5.10 Å². The summed E-state index contributed by atoms with van der Waals surface area (Å²) in [6, 6.07) is 13.5. The molecule has 2 heterocycles. The van der Waals surface area contributed by atoms with Gasteiger partial charge in [-0.15, -0.1) is 0 Å². The molecule has 2 aromatic heterocycles. The van der Waals surface area contributed by atoms with Gasteiger partial charge in [0.2, 0.25) is 0 Å². The maximum atomic E-state index is 12.9. The van der Waals surface area contributed by atoms with Gasteiger partial charge in [-0.1, -0.05) is 41.4 Å². The Labute approximate surface area is 158 Å². The van der Waals surface area contributed by atoms with Crippen molar-refractivity contribution < 1.29 is 4.79 Å². The molecule has 5 nitrogen and oxygen atoms in total. The molecule has 134 valence electrons. The zero-order chi connectivity index (χ0) is 18.8. The zero-order valence-electron chi connectivity index (χ0n) is 15.3. The summed E-state index contributed by atoms with van der Waals surface area (Å²) in [5, 5.41) is 4.75. The summed E-state index contributed by atoms with van der Waals surface area (Å²) in [4.78, 5) is 18.9. The molecule has 0 aliphatic carbocycles. The monoisotopic (exact) mass is 368 g/mol. The first-order valence-electron chi connectivity index (χ1n) is 8.36. The second-order valence-corrected chi connectivity index (χ2v) is 6.89. The fourth-order valence-electron chi connectivity index (χ4n) is 2.78. The number of amides is 1. The van der Waals surface area contributed by atoms with Crippen LogP contribution in [0.1, 0.15) is 33.0 Å². The number of aromatic nitrogens is 3. The Morgan fingerprint density at radius 2 is 1.81 bits per heavy atom. The fourth-order valence-corrected chi connectivity index (χ4v) is 2.97. The molecule has 0 unspecified atom stereocenters. The van der Waals surface area contributed by atoms with Crippen LogP contribution in [0.4, 0.5) is 0 Å². The number of hydrogen-bond donors (Lipinski definition) is 0. The van der Waals surface area contributed by atoms with Crippen LogP contribution in [-0.2, 0) is 6.54 Å². The van der Waals surface area contributed by atoms with Crippen molar-refractivity contribution in [3.8, 4) is 5.82 Å². The van der Waals surface area contributed by atoms with Crippen molar-refractivity contribution in [1.82, 2.24) is 19.7 Å². The van der Waals surface area contributed by atoms with E-state index in [0.717, 1.165) is 17.0 Å². The van der Waals surface area contributed by atoms with Crippen LogP contribution in [0.2, 0.25) is 5.02 Å². The van der Waals surface area contributed by atoms with Crippen molar-refractivity contribution in [1.29, 1.82) is 0 Å². The molecule has 0 radical (unpaired) electrons. The minimum atomic E-state index is -0.223. The summed E-state index contributed by atoms with van der Waals surface area (Å²) in [5.74, 6) is 0.353. The van der Waals surface area contributed by atoms with E-state index < -0.39 is 0 Å². The van der Waals surface area contributed by atoms with Gasteiger partial charge in [-0.05, 0) is 44.5 Å². The Morgan fingerprint density at radius 1 is 1.12 bits per heavy atom. The number of pyridine rings is 1. The lowest BCUT2D eigenvalue weighted by molar-refractivity contribution is 0.0779. The number of halogens is 1. The Kier molecular flexibility index (Phi) is 5.09. The predicted molar refractivity (Wildman–Crippen MR) is 103 cm³/mol. The molecule has 1 amide bonds. The van der Waals surface area contributed by atoms with Crippen LogP contribution in [0, 0.1) is 20.8 Å². The van der Waals surface area contributed by atoms with Crippen LogP contribution >= 0.6 is 11.6 Å². The van der Waals surface area contributed by atoms with E-state index >= 15 is 0 Å². The van der Waals surface area contributed by atoms with E-state index in [1.54, 1.807) is 28.8 Å².